The first-order valence-corrected chi connectivity index (χ1v) is 10.2. The molecule has 0 amide bonds. The molecule has 2 atom stereocenters. The Morgan fingerprint density at radius 2 is 1.74 bits per heavy atom. The third-order valence-electron chi connectivity index (χ3n) is 6.15. The van der Waals surface area contributed by atoms with Crippen molar-refractivity contribution in [2.75, 3.05) is 31.1 Å². The first-order chi connectivity index (χ1) is 13.1. The highest BCUT2D eigenvalue weighted by Gasteiger charge is 2.46. The summed E-state index contributed by atoms with van der Waals surface area (Å²) in [6.07, 6.45) is 3.13. The molecule has 1 N–H and O–H groups in total. The van der Waals surface area contributed by atoms with Crippen LogP contribution in [0.5, 0.6) is 0 Å². The molecule has 2 saturated heterocycles. The van der Waals surface area contributed by atoms with E-state index in [-0.39, 0.29) is 6.04 Å². The van der Waals surface area contributed by atoms with Crippen molar-refractivity contribution in [1.29, 1.82) is 0 Å². The summed E-state index contributed by atoms with van der Waals surface area (Å²) in [5.74, 6) is 1.30. The Balaban J connectivity index is 1.61. The van der Waals surface area contributed by atoms with Crippen molar-refractivity contribution in [3.8, 4) is 0 Å². The van der Waals surface area contributed by atoms with Gasteiger partial charge in [0.25, 0.3) is 0 Å². The van der Waals surface area contributed by atoms with Crippen LogP contribution in [0.1, 0.15) is 50.3 Å². The number of benzene rings is 1. The third kappa shape index (κ3) is 3.58. The molecular weight excluding hydrogens is 336 g/mol. The molecule has 0 radical (unpaired) electrons. The highest BCUT2D eigenvalue weighted by Crippen LogP contribution is 2.38. The lowest BCUT2D eigenvalue weighted by atomic mass is 9.79. The highest BCUT2D eigenvalue weighted by atomic mass is 16.3. The predicted molar refractivity (Wildman–Crippen MR) is 108 cm³/mol. The lowest BCUT2D eigenvalue weighted by Crippen LogP contribution is -2.60. The molecule has 2 aliphatic rings. The summed E-state index contributed by atoms with van der Waals surface area (Å²) in [4.78, 5) is 4.76. The minimum absolute atomic E-state index is 0.0720. The number of nitrogens with zero attached hydrogens (tertiary/aromatic N) is 4. The number of aliphatic hydroxyl groups is 1. The van der Waals surface area contributed by atoms with Crippen LogP contribution in [0.2, 0.25) is 0 Å². The van der Waals surface area contributed by atoms with Crippen LogP contribution in [-0.4, -0.2) is 52.4 Å². The zero-order chi connectivity index (χ0) is 18.9. The smallest absolute Gasteiger partial charge is 0.151 e. The van der Waals surface area contributed by atoms with Gasteiger partial charge in [0.15, 0.2) is 5.82 Å². The van der Waals surface area contributed by atoms with Crippen molar-refractivity contribution in [3.63, 3.8) is 0 Å². The van der Waals surface area contributed by atoms with E-state index in [0.717, 1.165) is 43.3 Å². The van der Waals surface area contributed by atoms with E-state index in [9.17, 15) is 5.11 Å². The summed E-state index contributed by atoms with van der Waals surface area (Å²) < 4.78 is 0. The minimum atomic E-state index is -0.812. The van der Waals surface area contributed by atoms with E-state index in [4.69, 9.17) is 0 Å². The summed E-state index contributed by atoms with van der Waals surface area (Å²) in [5.41, 5.74) is 1.24. The molecule has 0 saturated carbocycles. The summed E-state index contributed by atoms with van der Waals surface area (Å²) in [6, 6.07) is 14.4. The van der Waals surface area contributed by atoms with Gasteiger partial charge in [-0.1, -0.05) is 44.2 Å². The van der Waals surface area contributed by atoms with Gasteiger partial charge in [0.2, 0.25) is 0 Å². The first kappa shape index (κ1) is 18.4. The van der Waals surface area contributed by atoms with Crippen LogP contribution in [0, 0.1) is 0 Å². The van der Waals surface area contributed by atoms with Crippen molar-refractivity contribution in [2.24, 2.45) is 0 Å². The first-order valence-electron chi connectivity index (χ1n) is 10.2. The molecule has 0 bridgehead atoms. The Morgan fingerprint density at radius 3 is 2.37 bits per heavy atom. The number of rotatable bonds is 4. The van der Waals surface area contributed by atoms with E-state index in [1.807, 2.05) is 18.2 Å². The fourth-order valence-electron chi connectivity index (χ4n) is 4.48. The van der Waals surface area contributed by atoms with Gasteiger partial charge >= 0.3 is 0 Å². The number of anilines is 1. The van der Waals surface area contributed by atoms with Gasteiger partial charge in [0, 0.05) is 13.1 Å². The zero-order valence-corrected chi connectivity index (χ0v) is 16.4. The van der Waals surface area contributed by atoms with Crippen molar-refractivity contribution < 1.29 is 5.11 Å². The summed E-state index contributed by atoms with van der Waals surface area (Å²) in [7, 11) is 0. The Bertz CT molecular complexity index is 743. The fraction of sp³-hybridized carbons (Fsp3) is 0.545. The molecule has 2 aromatic rings. The molecule has 5 heteroatoms. The van der Waals surface area contributed by atoms with Gasteiger partial charge in [-0.3, -0.25) is 4.90 Å². The maximum Gasteiger partial charge on any atom is 0.151 e. The molecule has 5 nitrogen and oxygen atoms in total. The largest absolute Gasteiger partial charge is 0.383 e. The molecule has 144 valence electrons. The predicted octanol–water partition coefficient (Wildman–Crippen LogP) is 3.16. The normalized spacial score (nSPS) is 26.7. The number of aromatic nitrogens is 2. The molecule has 2 fully saturated rings. The van der Waals surface area contributed by atoms with Gasteiger partial charge in [-0.05, 0) is 56.0 Å². The Labute approximate surface area is 162 Å². The van der Waals surface area contributed by atoms with Crippen molar-refractivity contribution in [2.45, 2.75) is 50.7 Å². The number of likely N-dealkylation sites (tertiary alicyclic amines) is 1. The van der Waals surface area contributed by atoms with Gasteiger partial charge < -0.3 is 10.0 Å². The quantitative estimate of drug-likeness (QED) is 0.901. The van der Waals surface area contributed by atoms with E-state index >= 15 is 0 Å². The molecule has 3 heterocycles. The average Bonchev–Trinajstić information content (AvgIpc) is 3.23. The molecule has 4 rings (SSSR count). The van der Waals surface area contributed by atoms with Crippen LogP contribution in [0.4, 0.5) is 5.82 Å². The second-order valence-corrected chi connectivity index (χ2v) is 8.22. The summed E-state index contributed by atoms with van der Waals surface area (Å²) in [5, 5.41) is 20.6. The van der Waals surface area contributed by atoms with E-state index < -0.39 is 5.60 Å². The number of hydrogen-bond acceptors (Lipinski definition) is 5. The number of piperidine rings is 1. The van der Waals surface area contributed by atoms with Crippen molar-refractivity contribution in [1.82, 2.24) is 15.1 Å². The topological polar surface area (TPSA) is 52.5 Å². The maximum absolute atomic E-state index is 11.7. The van der Waals surface area contributed by atoms with E-state index in [1.165, 1.54) is 12.8 Å². The molecule has 2 aliphatic heterocycles. The Hall–Kier alpha value is -1.98. The molecular formula is C22H30N4O. The van der Waals surface area contributed by atoms with Gasteiger partial charge in [-0.2, -0.15) is 5.10 Å². The zero-order valence-electron chi connectivity index (χ0n) is 16.4. The van der Waals surface area contributed by atoms with Gasteiger partial charge in [0.05, 0.1) is 11.7 Å². The van der Waals surface area contributed by atoms with Crippen LogP contribution < -0.4 is 4.90 Å². The monoisotopic (exact) mass is 366 g/mol. The molecule has 1 aromatic carbocycles. The average molecular weight is 367 g/mol. The summed E-state index contributed by atoms with van der Waals surface area (Å²) >= 11 is 0. The van der Waals surface area contributed by atoms with E-state index in [1.54, 1.807) is 0 Å². The van der Waals surface area contributed by atoms with E-state index in [2.05, 4.69) is 58.1 Å². The Kier molecular flexibility index (Phi) is 5.15. The molecule has 0 unspecified atom stereocenters. The fourth-order valence-corrected chi connectivity index (χ4v) is 4.48. The SMILES string of the molecule is CC(C)c1ccc(N2CC[C@](O)(c3ccccc3)[C@H](N3CCCC3)C2)nn1. The molecule has 1 aromatic heterocycles. The van der Waals surface area contributed by atoms with Gasteiger partial charge in [0.1, 0.15) is 5.60 Å². The standard InChI is InChI=1S/C22H30N4O/c1-17(2)19-10-11-21(24-23-19)26-15-12-22(27,18-8-4-3-5-9-18)20(16-26)25-13-6-7-14-25/h3-5,8-11,17,20,27H,6-7,12-16H2,1-2H3/t20-,22+/m1/s1. The molecule has 0 aliphatic carbocycles. The van der Waals surface area contributed by atoms with Gasteiger partial charge in [-0.25, -0.2) is 0 Å². The highest BCUT2D eigenvalue weighted by molar-refractivity contribution is 5.41. The van der Waals surface area contributed by atoms with E-state index in [0.29, 0.717) is 12.3 Å². The van der Waals surface area contributed by atoms with Crippen molar-refractivity contribution >= 4 is 5.82 Å². The van der Waals surface area contributed by atoms with Crippen molar-refractivity contribution in [3.05, 3.63) is 53.7 Å². The second-order valence-electron chi connectivity index (χ2n) is 8.22. The lowest BCUT2D eigenvalue weighted by Gasteiger charge is -2.48. The third-order valence-corrected chi connectivity index (χ3v) is 6.15. The van der Waals surface area contributed by atoms with Crippen LogP contribution in [-0.2, 0) is 5.60 Å². The lowest BCUT2D eigenvalue weighted by molar-refractivity contribution is -0.0603. The van der Waals surface area contributed by atoms with Crippen LogP contribution in [0.15, 0.2) is 42.5 Å². The maximum atomic E-state index is 11.7. The van der Waals surface area contributed by atoms with Crippen LogP contribution in [0.25, 0.3) is 0 Å². The van der Waals surface area contributed by atoms with Crippen LogP contribution in [0.3, 0.4) is 0 Å². The van der Waals surface area contributed by atoms with Gasteiger partial charge in [-0.15, -0.1) is 5.10 Å². The summed E-state index contributed by atoms with van der Waals surface area (Å²) in [6.45, 7) is 7.95. The number of hydrogen-bond donors (Lipinski definition) is 1. The minimum Gasteiger partial charge on any atom is -0.383 e. The second kappa shape index (κ2) is 7.56. The van der Waals surface area contributed by atoms with Crippen LogP contribution >= 0.6 is 0 Å². The Morgan fingerprint density at radius 1 is 1.00 bits per heavy atom. The molecule has 27 heavy (non-hydrogen) atoms. The molecule has 0 spiro atoms.